The van der Waals surface area contributed by atoms with E-state index in [1.165, 1.54) is 0 Å². The summed E-state index contributed by atoms with van der Waals surface area (Å²) in [5.74, 6) is 5.81. The highest BCUT2D eigenvalue weighted by atomic mass is 35.5. The van der Waals surface area contributed by atoms with Gasteiger partial charge in [0, 0.05) is 18.1 Å². The van der Waals surface area contributed by atoms with Crippen LogP contribution in [0.1, 0.15) is 24.2 Å². The molecule has 5 nitrogen and oxygen atoms in total. The number of nitrogens with zero attached hydrogens (tertiary/aromatic N) is 3. The molecule has 0 radical (unpaired) electrons. The van der Waals surface area contributed by atoms with Crippen LogP contribution in [0, 0.1) is 0 Å². The first-order valence-corrected chi connectivity index (χ1v) is 7.15. The maximum atomic E-state index is 6.30. The van der Waals surface area contributed by atoms with Crippen molar-refractivity contribution in [3.05, 3.63) is 59.0 Å². The lowest BCUT2D eigenvalue weighted by atomic mass is 10.00. The number of para-hydroxylation sites is 1. The number of aryl methyl sites for hydroxylation is 1. The normalized spacial score (nSPS) is 12.7. The average Bonchev–Trinajstić information content (AvgIpc) is 2.90. The molecule has 0 saturated carbocycles. The van der Waals surface area contributed by atoms with Gasteiger partial charge in [0.2, 0.25) is 0 Å². The number of nitrogens with one attached hydrogen (secondary N) is 1. The smallest absolute Gasteiger partial charge is 0.0900 e. The molecule has 21 heavy (non-hydrogen) atoms. The summed E-state index contributed by atoms with van der Waals surface area (Å²) in [6, 6.07) is 9.67. The van der Waals surface area contributed by atoms with E-state index in [1.807, 2.05) is 41.9 Å². The number of nitrogens with two attached hydrogens (primary N) is 1. The van der Waals surface area contributed by atoms with Crippen LogP contribution in [0.5, 0.6) is 0 Å². The van der Waals surface area contributed by atoms with Crippen molar-refractivity contribution >= 4 is 22.5 Å². The molecule has 0 fully saturated rings. The van der Waals surface area contributed by atoms with Crippen molar-refractivity contribution in [1.82, 2.24) is 20.2 Å². The zero-order chi connectivity index (χ0) is 14.8. The molecule has 3 N–H and O–H groups in total. The Kier molecular flexibility index (Phi) is 3.88. The highest BCUT2D eigenvalue weighted by molar-refractivity contribution is 6.31. The molecule has 1 aromatic carbocycles. The second kappa shape index (κ2) is 5.81. The van der Waals surface area contributed by atoms with E-state index in [-0.39, 0.29) is 6.04 Å². The number of benzene rings is 1. The van der Waals surface area contributed by atoms with Gasteiger partial charge in [-0.25, -0.2) is 5.43 Å². The number of hydrogen-bond donors (Lipinski definition) is 2. The number of aromatic nitrogens is 3. The molecule has 2 heterocycles. The number of rotatable bonds is 4. The third-order valence-corrected chi connectivity index (χ3v) is 3.86. The maximum absolute atomic E-state index is 6.30. The van der Waals surface area contributed by atoms with E-state index in [9.17, 15) is 0 Å². The number of hydrazine groups is 1. The predicted octanol–water partition coefficient (Wildman–Crippen LogP) is 2.66. The fraction of sp³-hybridized carbons (Fsp3) is 0.200. The summed E-state index contributed by atoms with van der Waals surface area (Å²) in [5, 5.41) is 5.92. The minimum absolute atomic E-state index is 0.243. The SMILES string of the molecule is CCn1ncc(Cl)c1C(NN)c1ccnc2ccccc12. The van der Waals surface area contributed by atoms with E-state index in [0.29, 0.717) is 5.02 Å². The van der Waals surface area contributed by atoms with Crippen molar-refractivity contribution in [1.29, 1.82) is 0 Å². The molecule has 0 aliphatic rings. The molecular weight excluding hydrogens is 286 g/mol. The van der Waals surface area contributed by atoms with Gasteiger partial charge >= 0.3 is 0 Å². The highest BCUT2D eigenvalue weighted by Gasteiger charge is 2.22. The largest absolute Gasteiger partial charge is 0.271 e. The molecule has 0 amide bonds. The molecule has 0 aliphatic heterocycles. The predicted molar refractivity (Wildman–Crippen MR) is 83.8 cm³/mol. The molecule has 2 aromatic heterocycles. The Morgan fingerprint density at radius 1 is 1.33 bits per heavy atom. The maximum Gasteiger partial charge on any atom is 0.0900 e. The summed E-state index contributed by atoms with van der Waals surface area (Å²) in [5.41, 5.74) is 5.67. The van der Waals surface area contributed by atoms with Crippen molar-refractivity contribution < 1.29 is 0 Å². The van der Waals surface area contributed by atoms with Gasteiger partial charge in [-0.15, -0.1) is 0 Å². The molecule has 1 atom stereocenters. The zero-order valence-electron chi connectivity index (χ0n) is 11.6. The van der Waals surface area contributed by atoms with Gasteiger partial charge in [0.05, 0.1) is 28.5 Å². The lowest BCUT2D eigenvalue weighted by Crippen LogP contribution is -2.31. The number of pyridine rings is 1. The van der Waals surface area contributed by atoms with Crippen LogP contribution in [0.4, 0.5) is 0 Å². The number of hydrogen-bond acceptors (Lipinski definition) is 4. The van der Waals surface area contributed by atoms with Crippen molar-refractivity contribution in [3.8, 4) is 0 Å². The van der Waals surface area contributed by atoms with Crippen LogP contribution in [-0.4, -0.2) is 14.8 Å². The molecule has 0 aliphatic carbocycles. The van der Waals surface area contributed by atoms with Crippen molar-refractivity contribution in [2.24, 2.45) is 5.84 Å². The molecule has 0 bridgehead atoms. The molecule has 3 rings (SSSR count). The van der Waals surface area contributed by atoms with Gasteiger partial charge in [0.15, 0.2) is 0 Å². The summed E-state index contributed by atoms with van der Waals surface area (Å²) < 4.78 is 1.85. The van der Waals surface area contributed by atoms with Gasteiger partial charge in [-0.05, 0) is 24.6 Å². The van der Waals surface area contributed by atoms with Crippen LogP contribution in [0.3, 0.4) is 0 Å². The van der Waals surface area contributed by atoms with Gasteiger partial charge in [-0.3, -0.25) is 15.5 Å². The van der Waals surface area contributed by atoms with E-state index in [4.69, 9.17) is 17.4 Å². The zero-order valence-corrected chi connectivity index (χ0v) is 12.4. The minimum atomic E-state index is -0.243. The molecule has 1 unspecified atom stereocenters. The Morgan fingerprint density at radius 3 is 2.90 bits per heavy atom. The third-order valence-electron chi connectivity index (χ3n) is 3.57. The van der Waals surface area contributed by atoms with Gasteiger partial charge in [0.25, 0.3) is 0 Å². The number of fused-ring (bicyclic) bond motifs is 1. The Bertz CT molecular complexity index is 762. The van der Waals surface area contributed by atoms with Gasteiger partial charge in [-0.2, -0.15) is 5.10 Å². The quantitative estimate of drug-likeness (QED) is 0.574. The molecule has 0 spiro atoms. The summed E-state index contributed by atoms with van der Waals surface area (Å²) in [4.78, 5) is 4.38. The van der Waals surface area contributed by atoms with Crippen LogP contribution >= 0.6 is 11.6 Å². The molecular formula is C15H16ClN5. The monoisotopic (exact) mass is 301 g/mol. The van der Waals surface area contributed by atoms with Crippen LogP contribution in [0.25, 0.3) is 10.9 Å². The standard InChI is InChI=1S/C15H16ClN5/c1-2-21-15(12(16)9-19-21)14(20-17)11-7-8-18-13-6-4-3-5-10(11)13/h3-9,14,20H,2,17H2,1H3. The first-order valence-electron chi connectivity index (χ1n) is 6.77. The average molecular weight is 302 g/mol. The lowest BCUT2D eigenvalue weighted by Gasteiger charge is -2.20. The topological polar surface area (TPSA) is 68.8 Å². The first-order chi connectivity index (χ1) is 10.3. The van der Waals surface area contributed by atoms with E-state index < -0.39 is 0 Å². The molecule has 3 aromatic rings. The molecule has 108 valence electrons. The summed E-state index contributed by atoms with van der Waals surface area (Å²) in [7, 11) is 0. The third kappa shape index (κ3) is 2.40. The second-order valence-electron chi connectivity index (χ2n) is 4.71. The van der Waals surface area contributed by atoms with Gasteiger partial charge < -0.3 is 0 Å². The van der Waals surface area contributed by atoms with Crippen LogP contribution in [-0.2, 0) is 6.54 Å². The summed E-state index contributed by atoms with van der Waals surface area (Å²) in [6.07, 6.45) is 3.43. The fourth-order valence-corrected chi connectivity index (χ4v) is 2.85. The Balaban J connectivity index is 2.21. The van der Waals surface area contributed by atoms with Gasteiger partial charge in [0.1, 0.15) is 0 Å². The van der Waals surface area contributed by atoms with E-state index in [0.717, 1.165) is 28.7 Å². The van der Waals surface area contributed by atoms with Crippen molar-refractivity contribution in [2.45, 2.75) is 19.5 Å². The second-order valence-corrected chi connectivity index (χ2v) is 5.12. The Morgan fingerprint density at radius 2 is 2.14 bits per heavy atom. The molecule has 6 heteroatoms. The van der Waals surface area contributed by atoms with Crippen LogP contribution < -0.4 is 11.3 Å². The Labute approximate surface area is 127 Å². The first kappa shape index (κ1) is 14.0. The summed E-state index contributed by atoms with van der Waals surface area (Å²) >= 11 is 6.30. The van der Waals surface area contributed by atoms with Crippen molar-refractivity contribution in [3.63, 3.8) is 0 Å². The van der Waals surface area contributed by atoms with E-state index in [2.05, 4.69) is 15.5 Å². The lowest BCUT2D eigenvalue weighted by molar-refractivity contribution is 0.545. The fourth-order valence-electron chi connectivity index (χ4n) is 2.60. The van der Waals surface area contributed by atoms with E-state index in [1.54, 1.807) is 12.4 Å². The summed E-state index contributed by atoms with van der Waals surface area (Å²) in [6.45, 7) is 2.74. The van der Waals surface area contributed by atoms with Crippen molar-refractivity contribution in [2.75, 3.05) is 0 Å². The molecule has 0 saturated heterocycles. The van der Waals surface area contributed by atoms with E-state index >= 15 is 0 Å². The minimum Gasteiger partial charge on any atom is -0.271 e. The van der Waals surface area contributed by atoms with Crippen LogP contribution in [0.15, 0.2) is 42.7 Å². The van der Waals surface area contributed by atoms with Crippen LogP contribution in [0.2, 0.25) is 5.02 Å². The Hall–Kier alpha value is -1.95. The highest BCUT2D eigenvalue weighted by Crippen LogP contribution is 2.31. The number of halogens is 1. The van der Waals surface area contributed by atoms with Gasteiger partial charge in [-0.1, -0.05) is 29.8 Å².